The van der Waals surface area contributed by atoms with Crippen molar-refractivity contribution in [2.75, 3.05) is 7.05 Å². The standard InChI is InChI=1S/C19H14NO2.C18H15NO.C2H6.W/c1-20-15-10-11-16-17(18(15)21)14-9-5-8-13(19(14)22-16)12-6-3-2-4-7-12;1-3-6-14-11(2)12-9-10-16-17(18(12)19-14)13-7-4-5-8-15(13)20-16;1-2;/h2-11,21H,1H3;3-10,19H,1-2H3;1-2H3;/q-1;;;/b;6-3-;;. The van der Waals surface area contributed by atoms with Crippen molar-refractivity contribution in [1.82, 2.24) is 4.98 Å². The normalized spacial score (nSPS) is 11.0. The first-order chi connectivity index (χ1) is 21.6. The van der Waals surface area contributed by atoms with Gasteiger partial charge in [0.25, 0.3) is 0 Å². The number of H-pyrrole nitrogens is 1. The number of phenols is 1. The fourth-order valence-corrected chi connectivity index (χ4v) is 5.85. The molecule has 8 aromatic rings. The van der Waals surface area contributed by atoms with E-state index in [0.29, 0.717) is 11.3 Å². The summed E-state index contributed by atoms with van der Waals surface area (Å²) >= 11 is 0. The predicted octanol–water partition coefficient (Wildman–Crippen LogP) is 12.0. The molecule has 0 aliphatic rings. The van der Waals surface area contributed by atoms with Gasteiger partial charge in [0.2, 0.25) is 0 Å². The third-order valence-corrected chi connectivity index (χ3v) is 7.88. The molecule has 226 valence electrons. The molecule has 0 bridgehead atoms. The fraction of sp³-hybridized carbons (Fsp3) is 0.128. The van der Waals surface area contributed by atoms with E-state index in [2.05, 4.69) is 65.8 Å². The van der Waals surface area contributed by atoms with E-state index < -0.39 is 0 Å². The Labute approximate surface area is 276 Å². The van der Waals surface area contributed by atoms with Crippen molar-refractivity contribution in [3.05, 3.63) is 120 Å². The summed E-state index contributed by atoms with van der Waals surface area (Å²) < 4.78 is 11.9. The number of aromatic nitrogens is 1. The Morgan fingerprint density at radius 2 is 1.40 bits per heavy atom. The minimum absolute atomic E-state index is 0. The molecule has 0 aliphatic carbocycles. The van der Waals surface area contributed by atoms with Crippen LogP contribution in [0.25, 0.3) is 77.3 Å². The van der Waals surface area contributed by atoms with Crippen molar-refractivity contribution >= 4 is 66.5 Å². The summed E-state index contributed by atoms with van der Waals surface area (Å²) in [5, 5.41) is 19.8. The predicted molar refractivity (Wildman–Crippen MR) is 186 cm³/mol. The number of phenolic OH excluding ortho intramolecular Hbond substituents is 1. The van der Waals surface area contributed by atoms with Crippen LogP contribution < -0.4 is 0 Å². The number of aryl methyl sites for hydroxylation is 1. The van der Waals surface area contributed by atoms with Crippen LogP contribution in [0.3, 0.4) is 0 Å². The monoisotopic (exact) mass is 763 g/mol. The molecule has 0 spiro atoms. The van der Waals surface area contributed by atoms with Crippen LogP contribution in [0.4, 0.5) is 5.69 Å². The van der Waals surface area contributed by atoms with E-state index in [1.165, 1.54) is 27.4 Å². The van der Waals surface area contributed by atoms with Crippen LogP contribution in [-0.4, -0.2) is 17.1 Å². The molecule has 6 heteroatoms. The van der Waals surface area contributed by atoms with Gasteiger partial charge < -0.3 is 24.2 Å². The van der Waals surface area contributed by atoms with Gasteiger partial charge in [0.05, 0.1) is 16.3 Å². The molecule has 45 heavy (non-hydrogen) atoms. The number of nitrogens with zero attached hydrogens (tertiary/aromatic N) is 1. The summed E-state index contributed by atoms with van der Waals surface area (Å²) in [5.74, 6) is 0.170. The molecule has 3 aromatic heterocycles. The largest absolute Gasteiger partial charge is 0.684 e. The minimum atomic E-state index is 0. The number of rotatable bonds is 3. The average molecular weight is 764 g/mol. The summed E-state index contributed by atoms with van der Waals surface area (Å²) in [5.41, 5.74) is 9.62. The van der Waals surface area contributed by atoms with E-state index in [4.69, 9.17) is 8.83 Å². The van der Waals surface area contributed by atoms with E-state index >= 15 is 0 Å². The quantitative estimate of drug-likeness (QED) is 0.188. The molecule has 0 aliphatic heterocycles. The number of benzene rings is 5. The zero-order valence-electron chi connectivity index (χ0n) is 26.0. The van der Waals surface area contributed by atoms with Gasteiger partial charge in [-0.1, -0.05) is 98.4 Å². The van der Waals surface area contributed by atoms with Gasteiger partial charge in [0.15, 0.2) is 0 Å². The second-order valence-electron chi connectivity index (χ2n) is 10.3. The molecule has 0 saturated carbocycles. The Hall–Kier alpha value is -4.73. The van der Waals surface area contributed by atoms with Crippen LogP contribution >= 0.6 is 0 Å². The van der Waals surface area contributed by atoms with Crippen LogP contribution in [0.15, 0.2) is 112 Å². The van der Waals surface area contributed by atoms with Gasteiger partial charge in [-0.2, -0.15) is 0 Å². The second kappa shape index (κ2) is 13.5. The van der Waals surface area contributed by atoms with Crippen molar-refractivity contribution in [2.45, 2.75) is 27.7 Å². The number of para-hydroxylation sites is 2. The molecule has 0 fully saturated rings. The van der Waals surface area contributed by atoms with Gasteiger partial charge >= 0.3 is 0 Å². The molecule has 0 unspecified atom stereocenters. The van der Waals surface area contributed by atoms with Gasteiger partial charge in [0.1, 0.15) is 28.1 Å². The first-order valence-electron chi connectivity index (χ1n) is 15.0. The summed E-state index contributed by atoms with van der Waals surface area (Å²) in [4.78, 5) is 3.54. The maximum absolute atomic E-state index is 10.4. The first-order valence-corrected chi connectivity index (χ1v) is 15.0. The van der Waals surface area contributed by atoms with Crippen LogP contribution in [0.2, 0.25) is 0 Å². The van der Waals surface area contributed by atoms with Gasteiger partial charge in [-0.3, -0.25) is 0 Å². The third kappa shape index (κ3) is 5.53. The second-order valence-corrected chi connectivity index (χ2v) is 10.3. The summed E-state index contributed by atoms with van der Waals surface area (Å²) in [6.45, 7) is 8.19. The number of hydrogen-bond acceptors (Lipinski definition) is 3. The van der Waals surface area contributed by atoms with Crippen molar-refractivity contribution in [2.24, 2.45) is 0 Å². The Morgan fingerprint density at radius 1 is 0.711 bits per heavy atom. The van der Waals surface area contributed by atoms with Crippen LogP contribution in [0, 0.1) is 6.92 Å². The number of furan rings is 2. The van der Waals surface area contributed by atoms with Gasteiger partial charge in [0, 0.05) is 48.5 Å². The molecule has 5 aromatic carbocycles. The van der Waals surface area contributed by atoms with E-state index in [1.807, 2.05) is 75.4 Å². The van der Waals surface area contributed by atoms with Gasteiger partial charge in [-0.05, 0) is 55.3 Å². The molecule has 8 rings (SSSR count). The number of fused-ring (bicyclic) bond motifs is 8. The Balaban J connectivity index is 0.000000166. The summed E-state index contributed by atoms with van der Waals surface area (Å²) in [6.07, 6.45) is 4.17. The molecular formula is C39H35N2O3W-. The fourth-order valence-electron chi connectivity index (χ4n) is 5.85. The smallest absolute Gasteiger partial charge is 0.143 e. The summed E-state index contributed by atoms with van der Waals surface area (Å²) in [6, 6.07) is 32.1. The zero-order chi connectivity index (χ0) is 30.8. The van der Waals surface area contributed by atoms with Crippen molar-refractivity contribution in [3.8, 4) is 16.9 Å². The van der Waals surface area contributed by atoms with E-state index in [0.717, 1.165) is 44.2 Å². The molecule has 5 nitrogen and oxygen atoms in total. The first kappa shape index (κ1) is 31.7. The van der Waals surface area contributed by atoms with Crippen LogP contribution in [0.1, 0.15) is 32.0 Å². The van der Waals surface area contributed by atoms with Crippen molar-refractivity contribution in [1.29, 1.82) is 0 Å². The SMILES string of the molecule is C/C=C\c1[nH]c2c(ccc3oc4ccccc4c32)c1C.CC.C[N-]c1ccc2oc3c(-c4ccccc4)cccc3c2c1O.[W]. The molecule has 0 saturated heterocycles. The zero-order valence-corrected chi connectivity index (χ0v) is 28.9. The topological polar surface area (TPSA) is 76.4 Å². The van der Waals surface area contributed by atoms with Gasteiger partial charge in [-0.15, -0.1) is 7.05 Å². The Morgan fingerprint density at radius 3 is 2.16 bits per heavy atom. The summed E-state index contributed by atoms with van der Waals surface area (Å²) in [7, 11) is 1.67. The van der Waals surface area contributed by atoms with Crippen LogP contribution in [-0.2, 0) is 21.1 Å². The molecule has 0 radical (unpaired) electrons. The molecule has 2 N–H and O–H groups in total. The van der Waals surface area contributed by atoms with Crippen LogP contribution in [0.5, 0.6) is 5.75 Å². The number of allylic oxidation sites excluding steroid dienone is 1. The third-order valence-electron chi connectivity index (χ3n) is 7.88. The number of aromatic hydroxyl groups is 1. The van der Waals surface area contributed by atoms with E-state index in [1.54, 1.807) is 13.1 Å². The van der Waals surface area contributed by atoms with Crippen molar-refractivity contribution < 1.29 is 35.0 Å². The van der Waals surface area contributed by atoms with E-state index in [-0.39, 0.29) is 26.8 Å². The van der Waals surface area contributed by atoms with E-state index in [9.17, 15) is 5.11 Å². The number of hydrogen-bond donors (Lipinski definition) is 2. The molecular weight excluding hydrogens is 728 g/mol. The Bertz CT molecular complexity index is 2270. The maximum Gasteiger partial charge on any atom is 0.143 e. The number of aromatic amines is 1. The van der Waals surface area contributed by atoms with Gasteiger partial charge in [-0.25, -0.2) is 0 Å². The minimum Gasteiger partial charge on any atom is -0.684 e. The maximum atomic E-state index is 10.4. The molecule has 0 atom stereocenters. The average Bonchev–Trinajstić information content (AvgIpc) is 3.74. The van der Waals surface area contributed by atoms with Crippen molar-refractivity contribution in [3.63, 3.8) is 0 Å². The Kier molecular flexibility index (Phi) is 9.51. The molecule has 3 heterocycles. The number of nitrogens with one attached hydrogen (secondary N) is 1. The molecule has 0 amide bonds.